The van der Waals surface area contributed by atoms with E-state index >= 15 is 0 Å². The number of guanidine groups is 1. The van der Waals surface area contributed by atoms with Crippen LogP contribution in [0.5, 0.6) is 0 Å². The molecule has 0 atom stereocenters. The van der Waals surface area contributed by atoms with Crippen LogP contribution in [0, 0.1) is 5.92 Å². The summed E-state index contributed by atoms with van der Waals surface area (Å²) in [6.07, 6.45) is 0.944. The maximum atomic E-state index is 12.4. The first kappa shape index (κ1) is 24.0. The van der Waals surface area contributed by atoms with Gasteiger partial charge in [0.2, 0.25) is 0 Å². The van der Waals surface area contributed by atoms with E-state index in [4.69, 9.17) is 4.74 Å². The van der Waals surface area contributed by atoms with Gasteiger partial charge in [-0.1, -0.05) is 26.0 Å². The quantitative estimate of drug-likeness (QED) is 0.327. The summed E-state index contributed by atoms with van der Waals surface area (Å²) in [6, 6.07) is 7.73. The highest BCUT2D eigenvalue weighted by molar-refractivity contribution is 5.94. The first-order valence-electron chi connectivity index (χ1n) is 10.5. The van der Waals surface area contributed by atoms with Gasteiger partial charge in [0, 0.05) is 45.0 Å². The molecule has 0 saturated heterocycles. The number of hydrogen-bond donors (Lipinski definition) is 2. The average Bonchev–Trinajstić information content (AvgIpc) is 2.69. The highest BCUT2D eigenvalue weighted by Crippen LogP contribution is 2.09. The summed E-state index contributed by atoms with van der Waals surface area (Å²) in [5.74, 6) is 1.45. The van der Waals surface area contributed by atoms with Crippen LogP contribution in [-0.4, -0.2) is 56.2 Å². The fourth-order valence-electron chi connectivity index (χ4n) is 2.66. The van der Waals surface area contributed by atoms with Crippen molar-refractivity contribution in [2.45, 2.75) is 47.6 Å². The molecule has 0 aliphatic heterocycles. The molecule has 0 aliphatic carbocycles. The van der Waals surface area contributed by atoms with E-state index in [1.807, 2.05) is 43.0 Å². The van der Waals surface area contributed by atoms with E-state index in [1.165, 1.54) is 0 Å². The fraction of sp³-hybridized carbons (Fsp3) is 0.636. The summed E-state index contributed by atoms with van der Waals surface area (Å²) in [5, 5.41) is 6.60. The first-order chi connectivity index (χ1) is 13.5. The van der Waals surface area contributed by atoms with Gasteiger partial charge < -0.3 is 20.3 Å². The number of carbonyl (C=O) groups is 1. The lowest BCUT2D eigenvalue weighted by Crippen LogP contribution is -2.38. The molecule has 0 radical (unpaired) electrons. The molecule has 28 heavy (non-hydrogen) atoms. The summed E-state index contributed by atoms with van der Waals surface area (Å²) in [6.45, 7) is 15.6. The Morgan fingerprint density at radius 2 is 1.79 bits per heavy atom. The van der Waals surface area contributed by atoms with Gasteiger partial charge in [-0.15, -0.1) is 0 Å². The maximum Gasteiger partial charge on any atom is 0.253 e. The molecule has 1 amide bonds. The van der Waals surface area contributed by atoms with Crippen LogP contribution in [0.15, 0.2) is 29.3 Å². The Hall–Kier alpha value is -2.08. The zero-order chi connectivity index (χ0) is 20.8. The van der Waals surface area contributed by atoms with Crippen LogP contribution in [0.1, 0.15) is 57.0 Å². The highest BCUT2D eigenvalue weighted by Gasteiger charge is 2.11. The van der Waals surface area contributed by atoms with Crippen molar-refractivity contribution in [3.05, 3.63) is 35.4 Å². The summed E-state index contributed by atoms with van der Waals surface area (Å²) in [4.78, 5) is 18.8. The number of hydrogen-bond acceptors (Lipinski definition) is 3. The molecule has 0 saturated carbocycles. The second kappa shape index (κ2) is 14.0. The second-order valence-corrected chi connectivity index (χ2v) is 7.12. The van der Waals surface area contributed by atoms with Crippen molar-refractivity contribution >= 4 is 11.9 Å². The molecule has 6 nitrogen and oxygen atoms in total. The molecule has 0 aliphatic rings. The predicted molar refractivity (Wildman–Crippen MR) is 117 cm³/mol. The van der Waals surface area contributed by atoms with Crippen LogP contribution in [0.3, 0.4) is 0 Å². The van der Waals surface area contributed by atoms with Gasteiger partial charge in [0.05, 0.1) is 6.54 Å². The Labute approximate surface area is 170 Å². The molecule has 1 rings (SSSR count). The van der Waals surface area contributed by atoms with Crippen molar-refractivity contribution in [3.63, 3.8) is 0 Å². The zero-order valence-electron chi connectivity index (χ0n) is 18.3. The van der Waals surface area contributed by atoms with E-state index in [9.17, 15) is 4.79 Å². The Balaban J connectivity index is 2.51. The average molecular weight is 391 g/mol. The molecule has 6 heteroatoms. The lowest BCUT2D eigenvalue weighted by Gasteiger charge is -2.18. The van der Waals surface area contributed by atoms with Crippen LogP contribution in [0.4, 0.5) is 0 Å². The summed E-state index contributed by atoms with van der Waals surface area (Å²) < 4.78 is 5.60. The molecular formula is C22H38N4O2. The van der Waals surface area contributed by atoms with Crippen molar-refractivity contribution in [1.29, 1.82) is 0 Å². The predicted octanol–water partition coefficient (Wildman–Crippen LogP) is 3.29. The van der Waals surface area contributed by atoms with Gasteiger partial charge in [-0.05, 0) is 50.8 Å². The largest absolute Gasteiger partial charge is 0.381 e. The number of nitrogens with one attached hydrogen (secondary N) is 2. The van der Waals surface area contributed by atoms with Gasteiger partial charge in [0.25, 0.3) is 5.91 Å². The van der Waals surface area contributed by atoms with Crippen molar-refractivity contribution in [3.8, 4) is 0 Å². The lowest BCUT2D eigenvalue weighted by molar-refractivity contribution is 0.0773. The van der Waals surface area contributed by atoms with E-state index in [0.29, 0.717) is 12.5 Å². The van der Waals surface area contributed by atoms with Crippen LogP contribution in [0.2, 0.25) is 0 Å². The minimum absolute atomic E-state index is 0.0785. The Morgan fingerprint density at radius 3 is 2.36 bits per heavy atom. The van der Waals surface area contributed by atoms with Crippen molar-refractivity contribution in [2.24, 2.45) is 10.9 Å². The Morgan fingerprint density at radius 1 is 1.11 bits per heavy atom. The van der Waals surface area contributed by atoms with Gasteiger partial charge in [0.1, 0.15) is 0 Å². The van der Waals surface area contributed by atoms with Gasteiger partial charge >= 0.3 is 0 Å². The van der Waals surface area contributed by atoms with E-state index in [-0.39, 0.29) is 5.91 Å². The molecule has 0 bridgehead atoms. The fourth-order valence-corrected chi connectivity index (χ4v) is 2.66. The molecule has 0 heterocycles. The lowest BCUT2D eigenvalue weighted by atomic mass is 10.1. The minimum atomic E-state index is 0.0785. The number of aliphatic imine (C=N–C) groups is 1. The van der Waals surface area contributed by atoms with Crippen molar-refractivity contribution in [2.75, 3.05) is 39.4 Å². The topological polar surface area (TPSA) is 66.0 Å². The molecule has 0 spiro atoms. The Bertz CT molecular complexity index is 581. The van der Waals surface area contributed by atoms with Crippen LogP contribution < -0.4 is 10.6 Å². The van der Waals surface area contributed by atoms with Crippen LogP contribution in [0.25, 0.3) is 0 Å². The number of benzene rings is 1. The number of amides is 1. The standard InChI is InChI=1S/C22H38N4O2/c1-6-23-22(24-14-9-15-28-17-18(4)5)25-16-19-10-12-20(13-11-19)21(27)26(7-2)8-3/h10-13,18H,6-9,14-17H2,1-5H3,(H2,23,24,25). The normalized spacial score (nSPS) is 11.6. The number of nitrogens with zero attached hydrogens (tertiary/aromatic N) is 2. The summed E-state index contributed by atoms with van der Waals surface area (Å²) in [7, 11) is 0. The number of carbonyl (C=O) groups excluding carboxylic acids is 1. The number of rotatable bonds is 12. The zero-order valence-corrected chi connectivity index (χ0v) is 18.3. The van der Waals surface area contributed by atoms with Crippen LogP contribution in [-0.2, 0) is 11.3 Å². The monoisotopic (exact) mass is 390 g/mol. The highest BCUT2D eigenvalue weighted by atomic mass is 16.5. The molecule has 1 aromatic rings. The first-order valence-corrected chi connectivity index (χ1v) is 10.5. The number of ether oxygens (including phenoxy) is 1. The van der Waals surface area contributed by atoms with Gasteiger partial charge in [-0.3, -0.25) is 4.79 Å². The molecule has 0 unspecified atom stereocenters. The maximum absolute atomic E-state index is 12.4. The molecular weight excluding hydrogens is 352 g/mol. The van der Waals surface area contributed by atoms with Gasteiger partial charge in [0.15, 0.2) is 5.96 Å². The summed E-state index contributed by atoms with van der Waals surface area (Å²) >= 11 is 0. The molecule has 0 fully saturated rings. The smallest absolute Gasteiger partial charge is 0.253 e. The van der Waals surface area contributed by atoms with E-state index in [1.54, 1.807) is 0 Å². The minimum Gasteiger partial charge on any atom is -0.381 e. The van der Waals surface area contributed by atoms with Crippen molar-refractivity contribution < 1.29 is 9.53 Å². The molecule has 2 N–H and O–H groups in total. The van der Waals surface area contributed by atoms with Crippen LogP contribution >= 0.6 is 0 Å². The van der Waals surface area contributed by atoms with Crippen molar-refractivity contribution in [1.82, 2.24) is 15.5 Å². The third-order valence-electron chi connectivity index (χ3n) is 4.22. The second-order valence-electron chi connectivity index (χ2n) is 7.12. The third-order valence-corrected chi connectivity index (χ3v) is 4.22. The SMILES string of the molecule is CCNC(=NCc1ccc(C(=O)N(CC)CC)cc1)NCCCOCC(C)C. The van der Waals surface area contributed by atoms with E-state index in [0.717, 1.165) is 62.9 Å². The van der Waals surface area contributed by atoms with Gasteiger partial charge in [-0.25, -0.2) is 4.99 Å². The molecule has 1 aromatic carbocycles. The summed E-state index contributed by atoms with van der Waals surface area (Å²) in [5.41, 5.74) is 1.80. The Kier molecular flexibility index (Phi) is 12.0. The third kappa shape index (κ3) is 9.22. The van der Waals surface area contributed by atoms with E-state index in [2.05, 4.69) is 36.4 Å². The van der Waals surface area contributed by atoms with E-state index < -0.39 is 0 Å². The van der Waals surface area contributed by atoms with Gasteiger partial charge in [-0.2, -0.15) is 0 Å². The molecule has 158 valence electrons. The molecule has 0 aromatic heterocycles.